The molecule has 8 nitrogen and oxygen atoms in total. The molecule has 1 saturated carbocycles. The predicted molar refractivity (Wildman–Crippen MR) is 136 cm³/mol. The maximum absolute atomic E-state index is 13.7. The predicted octanol–water partition coefficient (Wildman–Crippen LogP) is 4.98. The largest absolute Gasteiger partial charge is 0.481 e. The summed E-state index contributed by atoms with van der Waals surface area (Å²) in [5.74, 6) is -1.19. The molecular formula is C25H34Cl2N4O4. The van der Waals surface area contributed by atoms with Gasteiger partial charge in [-0.2, -0.15) is 5.10 Å². The highest BCUT2D eigenvalue weighted by Crippen LogP contribution is 2.37. The minimum atomic E-state index is -0.748. The number of carboxylic acids is 1. The molecule has 0 aromatic carbocycles. The van der Waals surface area contributed by atoms with Crippen LogP contribution in [0.2, 0.25) is 10.0 Å². The molecule has 0 unspecified atom stereocenters. The lowest BCUT2D eigenvalue weighted by Crippen LogP contribution is -2.39. The fourth-order valence-electron chi connectivity index (χ4n) is 4.95. The maximum Gasteiger partial charge on any atom is 0.306 e. The number of aliphatic carboxylic acids is 1. The number of nitrogens with zero attached hydrogens (tertiary/aromatic N) is 3. The Hall–Kier alpha value is -2.32. The van der Waals surface area contributed by atoms with E-state index in [2.05, 4.69) is 30.9 Å². The number of halogens is 2. The maximum atomic E-state index is 13.7. The summed E-state index contributed by atoms with van der Waals surface area (Å²) >= 11 is 12.4. The van der Waals surface area contributed by atoms with Gasteiger partial charge < -0.3 is 15.0 Å². The Labute approximate surface area is 215 Å². The number of hydrogen-bond acceptors (Lipinski definition) is 4. The average molecular weight is 525 g/mol. The lowest BCUT2D eigenvalue weighted by molar-refractivity contribution is -0.145. The second-order valence-corrected chi connectivity index (χ2v) is 11.6. The Bertz CT molecular complexity index is 1150. The summed E-state index contributed by atoms with van der Waals surface area (Å²) in [6, 6.07) is 0.0619. The SMILES string of the molecule is Cc1c(C(=O)N(CCc2c(Cl)c[nH]c(=O)c2Cl)CC(C)(C)C)cnn1[C@@H]1CC[C@@H](C(=O)O)[C@@H](C)C1. The molecule has 10 heteroatoms. The Morgan fingerprint density at radius 3 is 2.57 bits per heavy atom. The van der Waals surface area contributed by atoms with Crippen LogP contribution in [-0.4, -0.2) is 49.7 Å². The van der Waals surface area contributed by atoms with Crippen molar-refractivity contribution >= 4 is 35.1 Å². The van der Waals surface area contributed by atoms with Crippen molar-refractivity contribution in [1.82, 2.24) is 19.7 Å². The van der Waals surface area contributed by atoms with E-state index in [1.54, 1.807) is 11.1 Å². The van der Waals surface area contributed by atoms with Gasteiger partial charge in [-0.3, -0.25) is 19.1 Å². The van der Waals surface area contributed by atoms with Crippen LogP contribution in [-0.2, 0) is 11.2 Å². The summed E-state index contributed by atoms with van der Waals surface area (Å²) in [7, 11) is 0. The average Bonchev–Trinajstić information content (AvgIpc) is 3.15. The number of amides is 1. The van der Waals surface area contributed by atoms with Crippen molar-refractivity contribution in [2.45, 2.75) is 66.3 Å². The third-order valence-corrected chi connectivity index (χ3v) is 7.48. The molecule has 0 radical (unpaired) electrons. The molecule has 0 aliphatic heterocycles. The Morgan fingerprint density at radius 2 is 1.97 bits per heavy atom. The van der Waals surface area contributed by atoms with Crippen LogP contribution in [0.4, 0.5) is 0 Å². The van der Waals surface area contributed by atoms with E-state index in [1.165, 1.54) is 6.20 Å². The lowest BCUT2D eigenvalue weighted by Gasteiger charge is -2.33. The van der Waals surface area contributed by atoms with E-state index in [-0.39, 0.29) is 34.2 Å². The van der Waals surface area contributed by atoms with Crippen LogP contribution < -0.4 is 5.56 Å². The first-order chi connectivity index (χ1) is 16.3. The van der Waals surface area contributed by atoms with Crippen molar-refractivity contribution in [3.63, 3.8) is 0 Å². The van der Waals surface area contributed by atoms with Gasteiger partial charge in [-0.05, 0) is 49.5 Å². The van der Waals surface area contributed by atoms with Gasteiger partial charge in [0.25, 0.3) is 11.5 Å². The van der Waals surface area contributed by atoms with E-state index < -0.39 is 11.5 Å². The van der Waals surface area contributed by atoms with E-state index in [0.717, 1.165) is 5.69 Å². The molecule has 3 atom stereocenters. The summed E-state index contributed by atoms with van der Waals surface area (Å²) in [6.07, 6.45) is 5.37. The Morgan fingerprint density at radius 1 is 1.29 bits per heavy atom. The van der Waals surface area contributed by atoms with Crippen LogP contribution in [0.25, 0.3) is 0 Å². The highest BCUT2D eigenvalue weighted by Gasteiger charge is 2.34. The quantitative estimate of drug-likeness (QED) is 0.530. The topological polar surface area (TPSA) is 108 Å². The molecule has 1 amide bonds. The van der Waals surface area contributed by atoms with Gasteiger partial charge in [-0.25, -0.2) is 0 Å². The molecule has 3 rings (SSSR count). The monoisotopic (exact) mass is 524 g/mol. The third kappa shape index (κ3) is 6.28. The Balaban J connectivity index is 1.82. The Kier molecular flexibility index (Phi) is 8.37. The van der Waals surface area contributed by atoms with Crippen LogP contribution in [0.1, 0.15) is 74.6 Å². The number of carbonyl (C=O) groups is 2. The van der Waals surface area contributed by atoms with Crippen LogP contribution >= 0.6 is 23.2 Å². The van der Waals surface area contributed by atoms with Crippen molar-refractivity contribution in [1.29, 1.82) is 0 Å². The van der Waals surface area contributed by atoms with E-state index in [1.807, 2.05) is 18.5 Å². The zero-order chi connectivity index (χ0) is 26.1. The first kappa shape index (κ1) is 27.3. The number of pyridine rings is 1. The number of nitrogens with one attached hydrogen (secondary N) is 1. The van der Waals surface area contributed by atoms with Crippen molar-refractivity contribution in [3.05, 3.63) is 49.6 Å². The number of H-pyrrole nitrogens is 1. The molecule has 2 aromatic rings. The smallest absolute Gasteiger partial charge is 0.306 e. The van der Waals surface area contributed by atoms with Crippen LogP contribution in [0.15, 0.2) is 17.2 Å². The number of rotatable bonds is 7. The molecule has 2 aromatic heterocycles. The van der Waals surface area contributed by atoms with Gasteiger partial charge in [0.05, 0.1) is 28.7 Å². The summed E-state index contributed by atoms with van der Waals surface area (Å²) < 4.78 is 1.88. The molecule has 1 aliphatic rings. The molecule has 2 heterocycles. The number of carboxylic acid groups (broad SMARTS) is 1. The van der Waals surface area contributed by atoms with Gasteiger partial charge in [0.15, 0.2) is 0 Å². The van der Waals surface area contributed by atoms with Crippen LogP contribution in [0.5, 0.6) is 0 Å². The van der Waals surface area contributed by atoms with E-state index in [9.17, 15) is 19.5 Å². The highest BCUT2D eigenvalue weighted by atomic mass is 35.5. The lowest BCUT2D eigenvalue weighted by atomic mass is 9.78. The second kappa shape index (κ2) is 10.7. The molecule has 0 bridgehead atoms. The minimum absolute atomic E-state index is 0.0370. The number of aromatic amines is 1. The van der Waals surface area contributed by atoms with Gasteiger partial charge in [-0.1, -0.05) is 50.9 Å². The summed E-state index contributed by atoms with van der Waals surface area (Å²) in [4.78, 5) is 41.3. The van der Waals surface area contributed by atoms with Crippen molar-refractivity contribution in [3.8, 4) is 0 Å². The van der Waals surface area contributed by atoms with Gasteiger partial charge in [-0.15, -0.1) is 0 Å². The fourth-order valence-corrected chi connectivity index (χ4v) is 5.49. The minimum Gasteiger partial charge on any atom is -0.481 e. The third-order valence-electron chi connectivity index (χ3n) is 6.75. The zero-order valence-electron chi connectivity index (χ0n) is 20.9. The molecule has 192 valence electrons. The van der Waals surface area contributed by atoms with Gasteiger partial charge in [0.2, 0.25) is 0 Å². The van der Waals surface area contributed by atoms with Crippen LogP contribution in [0.3, 0.4) is 0 Å². The number of aromatic nitrogens is 3. The van der Waals surface area contributed by atoms with Gasteiger partial charge >= 0.3 is 5.97 Å². The highest BCUT2D eigenvalue weighted by molar-refractivity contribution is 6.35. The molecule has 1 fully saturated rings. The van der Waals surface area contributed by atoms with E-state index >= 15 is 0 Å². The zero-order valence-corrected chi connectivity index (χ0v) is 22.4. The first-order valence-electron chi connectivity index (χ1n) is 11.9. The van der Waals surface area contributed by atoms with Crippen molar-refractivity contribution < 1.29 is 14.7 Å². The molecule has 1 aliphatic carbocycles. The summed E-state index contributed by atoms with van der Waals surface area (Å²) in [5, 5.41) is 14.4. The van der Waals surface area contributed by atoms with Gasteiger partial charge in [0.1, 0.15) is 5.02 Å². The van der Waals surface area contributed by atoms with Crippen molar-refractivity contribution in [2.24, 2.45) is 17.3 Å². The second-order valence-electron chi connectivity index (χ2n) is 10.8. The molecule has 0 saturated heterocycles. The fraction of sp³-hybridized carbons (Fsp3) is 0.600. The molecule has 2 N–H and O–H groups in total. The van der Waals surface area contributed by atoms with E-state index in [4.69, 9.17) is 23.2 Å². The number of hydrogen-bond donors (Lipinski definition) is 2. The summed E-state index contributed by atoms with van der Waals surface area (Å²) in [5.41, 5.74) is 1.23. The number of carbonyl (C=O) groups excluding carboxylic acids is 1. The summed E-state index contributed by atoms with van der Waals surface area (Å²) in [6.45, 7) is 10.8. The van der Waals surface area contributed by atoms with Crippen molar-refractivity contribution in [2.75, 3.05) is 13.1 Å². The van der Waals surface area contributed by atoms with Gasteiger partial charge in [0, 0.05) is 25.0 Å². The molecule has 35 heavy (non-hydrogen) atoms. The normalized spacial score (nSPS) is 20.6. The van der Waals surface area contributed by atoms with Crippen LogP contribution in [0, 0.1) is 24.2 Å². The molecular weight excluding hydrogens is 491 g/mol. The molecule has 0 spiro atoms. The standard InChI is InChI=1S/C25H34Cl2N4O4/c1-14-10-16(6-7-17(14)24(34)35)31-15(2)19(11-29-31)23(33)30(13-25(3,4)5)9-8-18-20(26)12-28-22(32)21(18)27/h11-12,14,16-17H,6-10,13H2,1-5H3,(H,28,32)(H,34,35)/t14-,16+,17+/m0/s1. The van der Waals surface area contributed by atoms with E-state index in [0.29, 0.717) is 54.9 Å². The first-order valence-corrected chi connectivity index (χ1v) is 12.7.